The largest absolute Gasteiger partial charge is 0.336 e. The number of hydrogen-bond acceptors (Lipinski definition) is 4. The van der Waals surface area contributed by atoms with Crippen molar-refractivity contribution < 1.29 is 4.79 Å². The van der Waals surface area contributed by atoms with E-state index in [0.29, 0.717) is 5.91 Å². The zero-order valence-electron chi connectivity index (χ0n) is 13.0. The highest BCUT2D eigenvalue weighted by atomic mass is 32.1. The summed E-state index contributed by atoms with van der Waals surface area (Å²) >= 11 is 1.66. The van der Waals surface area contributed by atoms with Gasteiger partial charge in [-0.05, 0) is 37.5 Å². The minimum Gasteiger partial charge on any atom is -0.336 e. The van der Waals surface area contributed by atoms with E-state index in [9.17, 15) is 4.79 Å². The fourth-order valence-corrected chi connectivity index (χ4v) is 3.87. The van der Waals surface area contributed by atoms with Crippen LogP contribution in [0.3, 0.4) is 0 Å². The molecule has 1 amide bonds. The Hall–Kier alpha value is -1.46. The molecule has 0 radical (unpaired) electrons. The van der Waals surface area contributed by atoms with Crippen LogP contribution in [0, 0.1) is 5.41 Å². The second-order valence-electron chi connectivity index (χ2n) is 6.91. The molecule has 1 aromatic heterocycles. The third kappa shape index (κ3) is 2.32. The molecule has 1 aliphatic heterocycles. The number of carbonyl (C=O) groups excluding carboxylic acids is 1. The van der Waals surface area contributed by atoms with Crippen molar-refractivity contribution >= 4 is 27.5 Å². The smallest absolute Gasteiger partial charge is 0.228 e. The molecule has 2 atom stereocenters. The van der Waals surface area contributed by atoms with Gasteiger partial charge in [-0.25, -0.2) is 4.98 Å². The van der Waals surface area contributed by atoms with Gasteiger partial charge in [0.1, 0.15) is 0 Å². The van der Waals surface area contributed by atoms with Gasteiger partial charge in [-0.15, -0.1) is 11.3 Å². The fraction of sp³-hybridized carbons (Fsp3) is 0.529. The van der Waals surface area contributed by atoms with E-state index in [1.54, 1.807) is 11.3 Å². The standard InChI is InChI=1S/C17H21N3OS/c1-11-8-18-14(9-20(11)16(21)17(2)5-6-17)12-3-4-15-13(7-12)19-10-22-15/h3-4,7,10-11,14,18H,5-6,8-9H2,1-2H3/t11-,14?/m1/s1. The van der Waals surface area contributed by atoms with Gasteiger partial charge in [0.15, 0.2) is 0 Å². The lowest BCUT2D eigenvalue weighted by Gasteiger charge is -2.40. The Morgan fingerprint density at radius 2 is 2.27 bits per heavy atom. The van der Waals surface area contributed by atoms with E-state index in [4.69, 9.17) is 0 Å². The molecule has 1 aromatic carbocycles. The van der Waals surface area contributed by atoms with Crippen LogP contribution in [0.15, 0.2) is 23.7 Å². The third-order valence-corrected chi connectivity index (χ3v) is 5.91. The molecule has 2 aromatic rings. The van der Waals surface area contributed by atoms with Gasteiger partial charge < -0.3 is 10.2 Å². The topological polar surface area (TPSA) is 45.2 Å². The molecule has 1 saturated heterocycles. The number of thiazole rings is 1. The van der Waals surface area contributed by atoms with Gasteiger partial charge in [-0.1, -0.05) is 13.0 Å². The minimum atomic E-state index is -0.0883. The molecular formula is C17H21N3OS. The van der Waals surface area contributed by atoms with Crippen molar-refractivity contribution in [3.63, 3.8) is 0 Å². The van der Waals surface area contributed by atoms with Crippen LogP contribution in [0.2, 0.25) is 0 Å². The van der Waals surface area contributed by atoms with Crippen LogP contribution in [0.25, 0.3) is 10.2 Å². The lowest BCUT2D eigenvalue weighted by atomic mass is 9.99. The van der Waals surface area contributed by atoms with Crippen LogP contribution < -0.4 is 5.32 Å². The Kier molecular flexibility index (Phi) is 3.24. The highest BCUT2D eigenvalue weighted by Crippen LogP contribution is 2.47. The number of nitrogens with one attached hydrogen (secondary N) is 1. The molecule has 0 spiro atoms. The Morgan fingerprint density at radius 3 is 3.05 bits per heavy atom. The first-order valence-electron chi connectivity index (χ1n) is 7.94. The number of piperazine rings is 1. The molecule has 4 rings (SSSR count). The molecule has 22 heavy (non-hydrogen) atoms. The van der Waals surface area contributed by atoms with Crippen molar-refractivity contribution in [1.29, 1.82) is 0 Å². The maximum atomic E-state index is 12.7. The molecule has 2 aliphatic rings. The summed E-state index contributed by atoms with van der Waals surface area (Å²) in [6, 6.07) is 6.92. The molecule has 5 heteroatoms. The maximum absolute atomic E-state index is 12.7. The number of fused-ring (bicyclic) bond motifs is 1. The van der Waals surface area contributed by atoms with Gasteiger partial charge in [-0.3, -0.25) is 4.79 Å². The van der Waals surface area contributed by atoms with Gasteiger partial charge in [0.2, 0.25) is 5.91 Å². The summed E-state index contributed by atoms with van der Waals surface area (Å²) < 4.78 is 1.21. The molecular weight excluding hydrogens is 294 g/mol. The van der Waals surface area contributed by atoms with E-state index < -0.39 is 0 Å². The monoisotopic (exact) mass is 315 g/mol. The molecule has 2 heterocycles. The Balaban J connectivity index is 1.58. The van der Waals surface area contributed by atoms with E-state index in [-0.39, 0.29) is 17.5 Å². The van der Waals surface area contributed by atoms with Gasteiger partial charge in [0.25, 0.3) is 0 Å². The highest BCUT2D eigenvalue weighted by molar-refractivity contribution is 7.16. The number of amides is 1. The summed E-state index contributed by atoms with van der Waals surface area (Å²) in [5.74, 6) is 0.334. The predicted molar refractivity (Wildman–Crippen MR) is 88.9 cm³/mol. The van der Waals surface area contributed by atoms with E-state index in [1.165, 1.54) is 10.3 Å². The summed E-state index contributed by atoms with van der Waals surface area (Å²) in [5, 5.41) is 3.58. The normalized spacial score (nSPS) is 27.1. The number of benzene rings is 1. The number of nitrogens with zero attached hydrogens (tertiary/aromatic N) is 2. The zero-order chi connectivity index (χ0) is 15.3. The summed E-state index contributed by atoms with van der Waals surface area (Å²) in [6.07, 6.45) is 2.08. The van der Waals surface area contributed by atoms with Crippen molar-refractivity contribution in [1.82, 2.24) is 15.2 Å². The summed E-state index contributed by atoms with van der Waals surface area (Å²) in [5.41, 5.74) is 4.07. The first-order chi connectivity index (χ1) is 10.6. The number of aromatic nitrogens is 1. The third-order valence-electron chi connectivity index (χ3n) is 5.10. The molecule has 2 fully saturated rings. The second kappa shape index (κ2) is 5.03. The number of carbonyl (C=O) groups is 1. The number of hydrogen-bond donors (Lipinski definition) is 1. The molecule has 1 saturated carbocycles. The second-order valence-corrected chi connectivity index (χ2v) is 7.79. The van der Waals surface area contributed by atoms with Crippen LogP contribution >= 0.6 is 11.3 Å². The van der Waals surface area contributed by atoms with Crippen molar-refractivity contribution in [2.75, 3.05) is 13.1 Å². The summed E-state index contributed by atoms with van der Waals surface area (Å²) in [4.78, 5) is 19.2. The maximum Gasteiger partial charge on any atom is 0.228 e. The SMILES string of the molecule is C[C@@H]1CNC(c2ccc3scnc3c2)CN1C(=O)C1(C)CC1. The van der Waals surface area contributed by atoms with Gasteiger partial charge in [0.05, 0.1) is 21.8 Å². The zero-order valence-corrected chi connectivity index (χ0v) is 13.8. The average Bonchev–Trinajstić information content (AvgIpc) is 3.11. The van der Waals surface area contributed by atoms with E-state index in [0.717, 1.165) is 31.4 Å². The molecule has 116 valence electrons. The highest BCUT2D eigenvalue weighted by Gasteiger charge is 2.48. The average molecular weight is 315 g/mol. The molecule has 0 bridgehead atoms. The molecule has 1 unspecified atom stereocenters. The van der Waals surface area contributed by atoms with Gasteiger partial charge in [-0.2, -0.15) is 0 Å². The van der Waals surface area contributed by atoms with Crippen molar-refractivity contribution in [3.8, 4) is 0 Å². The lowest BCUT2D eigenvalue weighted by Crippen LogP contribution is -2.55. The van der Waals surface area contributed by atoms with Gasteiger partial charge >= 0.3 is 0 Å². The van der Waals surface area contributed by atoms with E-state index >= 15 is 0 Å². The fourth-order valence-electron chi connectivity index (χ4n) is 3.21. The molecule has 1 aliphatic carbocycles. The van der Waals surface area contributed by atoms with Crippen LogP contribution in [0.1, 0.15) is 38.3 Å². The Morgan fingerprint density at radius 1 is 1.45 bits per heavy atom. The van der Waals surface area contributed by atoms with Crippen molar-refractivity contribution in [2.45, 2.75) is 38.8 Å². The van der Waals surface area contributed by atoms with Crippen LogP contribution in [0.5, 0.6) is 0 Å². The Labute approximate surface area is 134 Å². The Bertz CT molecular complexity index is 722. The minimum absolute atomic E-state index is 0.0883. The molecule has 1 N–H and O–H groups in total. The first kappa shape index (κ1) is 14.2. The quantitative estimate of drug-likeness (QED) is 0.927. The van der Waals surface area contributed by atoms with Gasteiger partial charge in [0, 0.05) is 24.5 Å². The summed E-state index contributed by atoms with van der Waals surface area (Å²) in [6.45, 7) is 5.84. The van der Waals surface area contributed by atoms with Crippen LogP contribution in [-0.4, -0.2) is 34.9 Å². The van der Waals surface area contributed by atoms with Crippen LogP contribution in [-0.2, 0) is 4.79 Å². The van der Waals surface area contributed by atoms with Crippen molar-refractivity contribution in [2.24, 2.45) is 5.41 Å². The first-order valence-corrected chi connectivity index (χ1v) is 8.82. The van der Waals surface area contributed by atoms with E-state index in [2.05, 4.69) is 47.2 Å². The van der Waals surface area contributed by atoms with Crippen molar-refractivity contribution in [3.05, 3.63) is 29.3 Å². The number of rotatable bonds is 2. The predicted octanol–water partition coefficient (Wildman–Crippen LogP) is 2.96. The van der Waals surface area contributed by atoms with E-state index in [1.807, 2.05) is 5.51 Å². The molecule has 4 nitrogen and oxygen atoms in total. The summed E-state index contributed by atoms with van der Waals surface area (Å²) in [7, 11) is 0. The lowest BCUT2D eigenvalue weighted by molar-refractivity contribution is -0.140. The van der Waals surface area contributed by atoms with Crippen LogP contribution in [0.4, 0.5) is 0 Å².